The normalized spacial score (nSPS) is 10.5. The van der Waals surface area contributed by atoms with Crippen molar-refractivity contribution in [1.82, 2.24) is 4.90 Å². The Labute approximate surface area is 232 Å². The van der Waals surface area contributed by atoms with Gasteiger partial charge in [0.15, 0.2) is 0 Å². The first-order valence-corrected chi connectivity index (χ1v) is 12.2. The van der Waals surface area contributed by atoms with Gasteiger partial charge in [-0.2, -0.15) is 0 Å². The van der Waals surface area contributed by atoms with Crippen LogP contribution in [0.15, 0.2) is 78.9 Å². The number of nitrogens with one attached hydrogen (secondary N) is 1. The Morgan fingerprint density at radius 2 is 1.32 bits per heavy atom. The van der Waals surface area contributed by atoms with E-state index in [9.17, 15) is 19.2 Å². The van der Waals surface area contributed by atoms with Gasteiger partial charge in [0.25, 0.3) is 5.91 Å². The van der Waals surface area contributed by atoms with Gasteiger partial charge in [0.05, 0.1) is 12.7 Å². The first-order chi connectivity index (χ1) is 19.0. The highest BCUT2D eigenvalue weighted by atomic mass is 16.5. The first-order valence-electron chi connectivity index (χ1n) is 12.2. The standard InChI is InChI=1S/C26H28N2O4.C4H4O4/c1-28(2)16-4-5-21-17-22(12-15-24(21)32-3)25(29)27-23-13-10-19(11-14-23)18-6-8-20(9-7-18)26(30)31;5-3(6)1-2-4(7)8/h6-15,17H,4-5,16H2,1-3H3,(H,27,29)(H,30,31);1-2H,(H,5,6)(H,7,8)/b;2-1-. The number of carbonyl (C=O) groups excluding carboxylic acids is 1. The summed E-state index contributed by atoms with van der Waals surface area (Å²) in [5.41, 5.74) is 4.38. The predicted octanol–water partition coefficient (Wildman–Crippen LogP) is 4.52. The summed E-state index contributed by atoms with van der Waals surface area (Å²) in [5, 5.41) is 27.6. The third-order valence-electron chi connectivity index (χ3n) is 5.57. The van der Waals surface area contributed by atoms with Crippen LogP contribution in [0.2, 0.25) is 0 Å². The van der Waals surface area contributed by atoms with E-state index < -0.39 is 17.9 Å². The number of aliphatic carboxylic acids is 2. The van der Waals surface area contributed by atoms with Gasteiger partial charge in [-0.3, -0.25) is 4.79 Å². The summed E-state index contributed by atoms with van der Waals surface area (Å²) in [6.45, 7) is 0.963. The van der Waals surface area contributed by atoms with Crippen molar-refractivity contribution in [3.63, 3.8) is 0 Å². The number of ether oxygens (including phenoxy) is 1. The number of amides is 1. The number of hydrogen-bond donors (Lipinski definition) is 4. The molecule has 0 unspecified atom stereocenters. The molecule has 0 spiro atoms. The predicted molar refractivity (Wildman–Crippen MR) is 151 cm³/mol. The lowest BCUT2D eigenvalue weighted by atomic mass is 10.0. The number of aromatic carboxylic acids is 1. The quantitative estimate of drug-likeness (QED) is 0.253. The zero-order valence-electron chi connectivity index (χ0n) is 22.5. The molecule has 0 saturated heterocycles. The summed E-state index contributed by atoms with van der Waals surface area (Å²) in [7, 11) is 5.72. The molecule has 0 aliphatic carbocycles. The van der Waals surface area contributed by atoms with Crippen LogP contribution in [0.3, 0.4) is 0 Å². The maximum absolute atomic E-state index is 12.8. The number of methoxy groups -OCH3 is 1. The van der Waals surface area contributed by atoms with Gasteiger partial charge in [0.1, 0.15) is 5.75 Å². The van der Waals surface area contributed by atoms with E-state index in [1.807, 2.05) is 50.5 Å². The second-order valence-corrected chi connectivity index (χ2v) is 8.86. The van der Waals surface area contributed by atoms with Crippen LogP contribution in [0.25, 0.3) is 11.1 Å². The van der Waals surface area contributed by atoms with Gasteiger partial charge in [-0.25, -0.2) is 14.4 Å². The molecule has 3 aromatic rings. The number of anilines is 1. The van der Waals surface area contributed by atoms with Crippen LogP contribution < -0.4 is 10.1 Å². The summed E-state index contributed by atoms with van der Waals surface area (Å²) in [6.07, 6.45) is 2.92. The highest BCUT2D eigenvalue weighted by Crippen LogP contribution is 2.24. The molecule has 0 fully saturated rings. The maximum Gasteiger partial charge on any atom is 0.335 e. The number of carbonyl (C=O) groups is 4. The molecule has 10 nitrogen and oxygen atoms in total. The number of carboxylic acid groups (broad SMARTS) is 3. The Balaban J connectivity index is 0.000000611. The van der Waals surface area contributed by atoms with Crippen molar-refractivity contribution in [2.75, 3.05) is 33.1 Å². The molecule has 3 aromatic carbocycles. The molecule has 210 valence electrons. The lowest BCUT2D eigenvalue weighted by molar-refractivity contribution is -0.134. The Kier molecular flexibility index (Phi) is 12.1. The van der Waals surface area contributed by atoms with Gasteiger partial charge in [0.2, 0.25) is 0 Å². The molecule has 0 aliphatic heterocycles. The van der Waals surface area contributed by atoms with Crippen molar-refractivity contribution in [1.29, 1.82) is 0 Å². The monoisotopic (exact) mass is 548 g/mol. The number of hydrogen-bond acceptors (Lipinski definition) is 6. The average Bonchev–Trinajstić information content (AvgIpc) is 2.92. The number of carboxylic acids is 3. The summed E-state index contributed by atoms with van der Waals surface area (Å²) in [5.74, 6) is -2.85. The molecular formula is C30H32N2O8. The fourth-order valence-corrected chi connectivity index (χ4v) is 3.60. The molecule has 0 aliphatic rings. The fraction of sp³-hybridized carbons (Fsp3) is 0.200. The fourth-order valence-electron chi connectivity index (χ4n) is 3.60. The maximum atomic E-state index is 12.8. The van der Waals surface area contributed by atoms with E-state index in [1.165, 1.54) is 0 Å². The zero-order chi connectivity index (χ0) is 29.7. The molecule has 40 heavy (non-hydrogen) atoms. The molecule has 0 bridgehead atoms. The lowest BCUT2D eigenvalue weighted by Crippen LogP contribution is -2.14. The smallest absolute Gasteiger partial charge is 0.335 e. The molecule has 4 N–H and O–H groups in total. The Bertz CT molecular complexity index is 1330. The van der Waals surface area contributed by atoms with Gasteiger partial charge < -0.3 is 30.3 Å². The van der Waals surface area contributed by atoms with Crippen LogP contribution in [0.4, 0.5) is 5.69 Å². The largest absolute Gasteiger partial charge is 0.496 e. The first kappa shape index (κ1) is 31.3. The lowest BCUT2D eigenvalue weighted by Gasteiger charge is -2.13. The summed E-state index contributed by atoms with van der Waals surface area (Å²) in [6, 6.07) is 19.6. The highest BCUT2D eigenvalue weighted by Gasteiger charge is 2.11. The topological polar surface area (TPSA) is 153 Å². The molecule has 1 amide bonds. The molecule has 0 atom stereocenters. The van der Waals surface area contributed by atoms with Gasteiger partial charge in [0, 0.05) is 23.4 Å². The molecular weight excluding hydrogens is 516 g/mol. The van der Waals surface area contributed by atoms with Crippen molar-refractivity contribution in [2.45, 2.75) is 12.8 Å². The number of nitrogens with zero attached hydrogens (tertiary/aromatic N) is 1. The van der Waals surface area contributed by atoms with E-state index in [0.29, 0.717) is 23.4 Å². The van der Waals surface area contributed by atoms with Gasteiger partial charge in [-0.1, -0.05) is 24.3 Å². The number of benzene rings is 3. The Morgan fingerprint density at radius 3 is 1.80 bits per heavy atom. The van der Waals surface area contributed by atoms with Crippen LogP contribution in [0.1, 0.15) is 32.7 Å². The van der Waals surface area contributed by atoms with Crippen molar-refractivity contribution in [3.05, 3.63) is 95.6 Å². The van der Waals surface area contributed by atoms with E-state index in [4.69, 9.17) is 20.1 Å². The van der Waals surface area contributed by atoms with Crippen LogP contribution in [0, 0.1) is 0 Å². The minimum Gasteiger partial charge on any atom is -0.496 e. The Morgan fingerprint density at radius 1 is 0.800 bits per heavy atom. The molecule has 0 aromatic heterocycles. The van der Waals surface area contributed by atoms with Crippen molar-refractivity contribution in [2.24, 2.45) is 0 Å². The number of rotatable bonds is 11. The summed E-state index contributed by atoms with van der Waals surface area (Å²) >= 11 is 0. The number of aryl methyl sites for hydroxylation is 1. The van der Waals surface area contributed by atoms with Crippen LogP contribution >= 0.6 is 0 Å². The molecule has 0 saturated carbocycles. The third-order valence-corrected chi connectivity index (χ3v) is 5.57. The van der Waals surface area contributed by atoms with Crippen LogP contribution in [0.5, 0.6) is 5.75 Å². The second-order valence-electron chi connectivity index (χ2n) is 8.86. The van der Waals surface area contributed by atoms with Gasteiger partial charge in [-0.15, -0.1) is 0 Å². The highest BCUT2D eigenvalue weighted by molar-refractivity contribution is 6.04. The van der Waals surface area contributed by atoms with Gasteiger partial charge in [-0.05, 0) is 92.6 Å². The minimum atomic E-state index is -1.26. The SMILES string of the molecule is COc1ccc(C(=O)Nc2ccc(-c3ccc(C(=O)O)cc3)cc2)cc1CCCN(C)C.O=C(O)/C=C\C(=O)O. The van der Waals surface area contributed by atoms with Crippen LogP contribution in [-0.4, -0.2) is 71.8 Å². The third kappa shape index (κ3) is 10.4. The van der Waals surface area contributed by atoms with E-state index in [-0.39, 0.29) is 11.5 Å². The zero-order valence-corrected chi connectivity index (χ0v) is 22.5. The van der Waals surface area contributed by atoms with E-state index in [2.05, 4.69) is 10.2 Å². The van der Waals surface area contributed by atoms with E-state index in [0.717, 1.165) is 41.8 Å². The molecule has 0 radical (unpaired) electrons. The van der Waals surface area contributed by atoms with Crippen LogP contribution in [-0.2, 0) is 16.0 Å². The summed E-state index contributed by atoms with van der Waals surface area (Å²) < 4.78 is 5.45. The molecule has 0 heterocycles. The second kappa shape index (κ2) is 15.5. The van der Waals surface area contributed by atoms with Crippen molar-refractivity contribution >= 4 is 29.5 Å². The Hall–Kier alpha value is -4.96. The summed E-state index contributed by atoms with van der Waals surface area (Å²) in [4.78, 5) is 45.0. The van der Waals surface area contributed by atoms with Crippen molar-refractivity contribution in [3.8, 4) is 16.9 Å². The van der Waals surface area contributed by atoms with E-state index in [1.54, 1.807) is 37.4 Å². The van der Waals surface area contributed by atoms with Crippen molar-refractivity contribution < 1.29 is 39.2 Å². The average molecular weight is 549 g/mol. The van der Waals surface area contributed by atoms with E-state index >= 15 is 0 Å². The molecule has 3 rings (SSSR count). The molecule has 10 heteroatoms. The minimum absolute atomic E-state index is 0.180. The van der Waals surface area contributed by atoms with Gasteiger partial charge >= 0.3 is 17.9 Å².